The highest BCUT2D eigenvalue weighted by Gasteiger charge is 2.52. The third-order valence-electron chi connectivity index (χ3n) is 7.42. The summed E-state index contributed by atoms with van der Waals surface area (Å²) in [5.41, 5.74) is 1.58. The average molecular weight is 593 g/mol. The molecule has 5 rings (SSSR count). The smallest absolute Gasteiger partial charge is 0.343 e. The van der Waals surface area contributed by atoms with Gasteiger partial charge >= 0.3 is 5.97 Å². The molecule has 1 saturated carbocycles. The highest BCUT2D eigenvalue weighted by molar-refractivity contribution is 6.36. The number of hydrazine groups is 1. The lowest BCUT2D eigenvalue weighted by Crippen LogP contribution is -2.52. The van der Waals surface area contributed by atoms with Crippen LogP contribution in [0.5, 0.6) is 5.75 Å². The first-order valence-corrected chi connectivity index (χ1v) is 14.0. The summed E-state index contributed by atoms with van der Waals surface area (Å²) >= 11 is 12.3. The molecule has 0 radical (unpaired) electrons. The normalized spacial score (nSPS) is 18.2. The monoisotopic (exact) mass is 592 g/mol. The van der Waals surface area contributed by atoms with E-state index in [9.17, 15) is 24.0 Å². The fourth-order valence-electron chi connectivity index (χ4n) is 5.21. The van der Waals surface area contributed by atoms with Crippen LogP contribution >= 0.6 is 23.2 Å². The van der Waals surface area contributed by atoms with Crippen LogP contribution in [0.3, 0.4) is 0 Å². The maximum Gasteiger partial charge on any atom is 0.343 e. The number of imide groups is 1. The molecule has 0 aromatic heterocycles. The largest absolute Gasteiger partial charge is 0.423 e. The summed E-state index contributed by atoms with van der Waals surface area (Å²) in [5.74, 6) is -3.67. The Hall–Kier alpha value is -4.01. The number of carbonyl (C=O) groups is 5. The first-order chi connectivity index (χ1) is 19.6. The minimum atomic E-state index is -0.774. The molecule has 10 heteroatoms. The number of ether oxygens (including phenoxy) is 1. The van der Waals surface area contributed by atoms with Crippen molar-refractivity contribution < 1.29 is 28.7 Å². The number of benzene rings is 3. The third-order valence-corrected chi connectivity index (χ3v) is 7.97. The van der Waals surface area contributed by atoms with Crippen LogP contribution in [0.4, 0.5) is 0 Å². The molecule has 3 amide bonds. The lowest BCUT2D eigenvalue weighted by molar-refractivity contribution is -0.154. The highest BCUT2D eigenvalue weighted by atomic mass is 35.5. The zero-order valence-corrected chi connectivity index (χ0v) is 23.7. The molecular weight excluding hydrogens is 567 g/mol. The van der Waals surface area contributed by atoms with E-state index in [1.54, 1.807) is 24.3 Å². The van der Waals surface area contributed by atoms with E-state index in [2.05, 4.69) is 0 Å². The summed E-state index contributed by atoms with van der Waals surface area (Å²) < 4.78 is 5.40. The minimum Gasteiger partial charge on any atom is -0.423 e. The number of amides is 3. The summed E-state index contributed by atoms with van der Waals surface area (Å²) in [6.45, 7) is 1.32. The van der Waals surface area contributed by atoms with Crippen molar-refractivity contribution in [3.8, 4) is 5.75 Å². The van der Waals surface area contributed by atoms with E-state index < -0.39 is 47.9 Å². The van der Waals surface area contributed by atoms with Crippen molar-refractivity contribution in [1.29, 1.82) is 0 Å². The zero-order chi connectivity index (χ0) is 29.3. The Bertz CT molecular complexity index is 1510. The van der Waals surface area contributed by atoms with Gasteiger partial charge in [0.05, 0.1) is 28.0 Å². The predicted molar refractivity (Wildman–Crippen MR) is 152 cm³/mol. The van der Waals surface area contributed by atoms with Crippen molar-refractivity contribution in [2.45, 2.75) is 32.6 Å². The third kappa shape index (κ3) is 5.89. The topological polar surface area (TPSA) is 101 Å². The van der Waals surface area contributed by atoms with Gasteiger partial charge < -0.3 is 4.74 Å². The number of nitrogens with zero attached hydrogens (tertiary/aromatic N) is 2. The average Bonchev–Trinajstić information content (AvgIpc) is 3.21. The number of fused-ring (bicyclic) bond motifs is 1. The molecule has 2 atom stereocenters. The molecule has 1 saturated heterocycles. The second-order valence-corrected chi connectivity index (χ2v) is 11.0. The molecule has 0 spiro atoms. The fraction of sp³-hybridized carbons (Fsp3) is 0.258. The van der Waals surface area contributed by atoms with E-state index in [0.29, 0.717) is 23.4 Å². The molecule has 41 heavy (non-hydrogen) atoms. The van der Waals surface area contributed by atoms with Crippen LogP contribution in [0.15, 0.2) is 66.7 Å². The van der Waals surface area contributed by atoms with Crippen LogP contribution in [0.25, 0.3) is 0 Å². The van der Waals surface area contributed by atoms with Crippen molar-refractivity contribution in [1.82, 2.24) is 10.0 Å². The second-order valence-electron chi connectivity index (χ2n) is 10.2. The summed E-state index contributed by atoms with van der Waals surface area (Å²) in [7, 11) is 0. The number of carbonyl (C=O) groups excluding carboxylic acids is 5. The molecule has 2 fully saturated rings. The summed E-state index contributed by atoms with van der Waals surface area (Å²) in [6.07, 6.45) is 2.72. The van der Waals surface area contributed by atoms with Crippen LogP contribution in [0, 0.1) is 18.8 Å². The molecule has 1 aliphatic heterocycles. The van der Waals surface area contributed by atoms with E-state index in [1.165, 1.54) is 42.5 Å². The Morgan fingerprint density at radius 3 is 2.02 bits per heavy atom. The van der Waals surface area contributed by atoms with Crippen molar-refractivity contribution in [2.75, 3.05) is 6.54 Å². The minimum absolute atomic E-state index is 0.00213. The van der Waals surface area contributed by atoms with Crippen molar-refractivity contribution in [3.05, 3.63) is 99.0 Å². The molecular formula is C31H26Cl2N2O6. The Morgan fingerprint density at radius 2 is 1.44 bits per heavy atom. The van der Waals surface area contributed by atoms with Crippen molar-refractivity contribution in [3.63, 3.8) is 0 Å². The lowest BCUT2D eigenvalue weighted by Gasteiger charge is -2.30. The van der Waals surface area contributed by atoms with E-state index in [1.807, 2.05) is 6.92 Å². The van der Waals surface area contributed by atoms with Gasteiger partial charge in [0.25, 0.3) is 17.7 Å². The summed E-state index contributed by atoms with van der Waals surface area (Å²) in [6, 6.07) is 17.0. The van der Waals surface area contributed by atoms with Gasteiger partial charge in [-0.1, -0.05) is 53.7 Å². The van der Waals surface area contributed by atoms with Gasteiger partial charge in [0, 0.05) is 10.6 Å². The predicted octanol–water partition coefficient (Wildman–Crippen LogP) is 5.94. The van der Waals surface area contributed by atoms with Gasteiger partial charge in [0.1, 0.15) is 12.3 Å². The molecule has 1 aliphatic carbocycles. The Morgan fingerprint density at radius 1 is 0.854 bits per heavy atom. The molecule has 0 N–H and O–H groups in total. The number of Topliss-reactive ketones (excluding diaryl/α,β-unsaturated/α-hetero) is 1. The molecule has 8 nitrogen and oxygen atoms in total. The number of ketones is 1. The van der Waals surface area contributed by atoms with Crippen LogP contribution < -0.4 is 4.74 Å². The number of hydrogen-bond donors (Lipinski definition) is 0. The first-order valence-electron chi connectivity index (χ1n) is 13.2. The Kier molecular flexibility index (Phi) is 8.24. The van der Waals surface area contributed by atoms with Gasteiger partial charge in [-0.15, -0.1) is 0 Å². The van der Waals surface area contributed by atoms with Gasteiger partial charge in [-0.3, -0.25) is 19.2 Å². The maximum atomic E-state index is 13.7. The molecule has 210 valence electrons. The van der Waals surface area contributed by atoms with E-state index in [-0.39, 0.29) is 21.9 Å². The van der Waals surface area contributed by atoms with E-state index in [4.69, 9.17) is 27.9 Å². The van der Waals surface area contributed by atoms with Gasteiger partial charge in [0.2, 0.25) is 0 Å². The number of halogens is 2. The van der Waals surface area contributed by atoms with Crippen LogP contribution in [-0.4, -0.2) is 46.0 Å². The quantitative estimate of drug-likeness (QED) is 0.146. The standard InChI is InChI=1S/C31H26Cl2N2O6/c1-18-6-8-20(9-7-18)31(40)41-22-13-10-19(11-14-22)27(36)17-34(28(37)25-15-12-21(32)16-26(25)33)35-29(38)23-4-2-3-5-24(23)30(35)39/h6-16,23-24H,2-5,17H2,1H3/t23-,24-/m1/s1. The van der Waals surface area contributed by atoms with Crippen molar-refractivity contribution in [2.24, 2.45) is 11.8 Å². The first kappa shape index (κ1) is 28.5. The summed E-state index contributed by atoms with van der Waals surface area (Å²) in [5, 5.41) is 2.03. The van der Waals surface area contributed by atoms with Crippen molar-refractivity contribution >= 4 is 52.7 Å². The Balaban J connectivity index is 1.38. The second kappa shape index (κ2) is 11.8. The lowest BCUT2D eigenvalue weighted by atomic mass is 9.81. The highest BCUT2D eigenvalue weighted by Crippen LogP contribution is 2.39. The SMILES string of the molecule is Cc1ccc(C(=O)Oc2ccc(C(=O)CN(C(=O)c3ccc(Cl)cc3Cl)N3C(=O)[C@@H]4CCCC[C@H]4C3=O)cc2)cc1. The molecule has 1 heterocycles. The number of esters is 1. The fourth-order valence-corrected chi connectivity index (χ4v) is 5.70. The van der Waals surface area contributed by atoms with Crippen LogP contribution in [0.1, 0.15) is 62.3 Å². The number of aryl methyl sites for hydroxylation is 1. The molecule has 3 aromatic carbocycles. The van der Waals surface area contributed by atoms with Gasteiger partial charge in [-0.25, -0.2) is 9.80 Å². The van der Waals surface area contributed by atoms with Gasteiger partial charge in [-0.05, 0) is 74.4 Å². The van der Waals surface area contributed by atoms with E-state index in [0.717, 1.165) is 28.4 Å². The van der Waals surface area contributed by atoms with Gasteiger partial charge in [0.15, 0.2) is 5.78 Å². The van der Waals surface area contributed by atoms with E-state index >= 15 is 0 Å². The molecule has 0 unspecified atom stereocenters. The van der Waals surface area contributed by atoms with Crippen LogP contribution in [0.2, 0.25) is 10.0 Å². The molecule has 2 aliphatic rings. The molecule has 3 aromatic rings. The zero-order valence-electron chi connectivity index (χ0n) is 22.1. The molecule has 0 bridgehead atoms. The van der Waals surface area contributed by atoms with Crippen LogP contribution in [-0.2, 0) is 9.59 Å². The summed E-state index contributed by atoms with van der Waals surface area (Å²) in [4.78, 5) is 66.3. The maximum absolute atomic E-state index is 13.7. The number of hydrogen-bond acceptors (Lipinski definition) is 6. The Labute approximate surface area is 246 Å². The van der Waals surface area contributed by atoms with Gasteiger partial charge in [-0.2, -0.15) is 5.01 Å². The number of rotatable bonds is 7.